The van der Waals surface area contributed by atoms with E-state index in [1.165, 1.54) is 12.1 Å². The number of hydrogen-bond acceptors (Lipinski definition) is 1. The third-order valence-corrected chi connectivity index (χ3v) is 3.08. The van der Waals surface area contributed by atoms with E-state index in [2.05, 4.69) is 0 Å². The van der Waals surface area contributed by atoms with E-state index >= 15 is 0 Å². The summed E-state index contributed by atoms with van der Waals surface area (Å²) in [7, 11) is 0. The lowest BCUT2D eigenvalue weighted by molar-refractivity contribution is 0.615. The van der Waals surface area contributed by atoms with Gasteiger partial charge in [0.15, 0.2) is 0 Å². The molecule has 2 N–H and O–H groups in total. The minimum atomic E-state index is -0.372. The first-order chi connectivity index (χ1) is 8.49. The third-order valence-electron chi connectivity index (χ3n) is 3.08. The van der Waals surface area contributed by atoms with E-state index in [9.17, 15) is 8.78 Å². The van der Waals surface area contributed by atoms with E-state index in [-0.39, 0.29) is 17.7 Å². The lowest BCUT2D eigenvalue weighted by atomic mass is 9.97. The van der Waals surface area contributed by atoms with Crippen molar-refractivity contribution in [1.29, 1.82) is 0 Å². The second-order valence-electron chi connectivity index (χ2n) is 4.49. The molecule has 0 atom stereocenters. The highest BCUT2D eigenvalue weighted by atomic mass is 19.1. The van der Waals surface area contributed by atoms with E-state index < -0.39 is 0 Å². The highest BCUT2D eigenvalue weighted by molar-refractivity contribution is 5.36. The fourth-order valence-electron chi connectivity index (χ4n) is 1.92. The third kappa shape index (κ3) is 2.41. The van der Waals surface area contributed by atoms with Gasteiger partial charge in [-0.25, -0.2) is 8.78 Å². The van der Waals surface area contributed by atoms with E-state index in [4.69, 9.17) is 5.73 Å². The van der Waals surface area contributed by atoms with Gasteiger partial charge in [0.25, 0.3) is 0 Å². The largest absolute Gasteiger partial charge is 0.320 e. The van der Waals surface area contributed by atoms with Crippen molar-refractivity contribution in [2.24, 2.45) is 5.73 Å². The van der Waals surface area contributed by atoms with Gasteiger partial charge in [0.05, 0.1) is 6.04 Å². The van der Waals surface area contributed by atoms with Crippen LogP contribution in [0.4, 0.5) is 8.78 Å². The summed E-state index contributed by atoms with van der Waals surface area (Å²) in [6.07, 6.45) is 0. The first kappa shape index (κ1) is 12.7. The van der Waals surface area contributed by atoms with Crippen LogP contribution in [0.2, 0.25) is 0 Å². The summed E-state index contributed by atoms with van der Waals surface area (Å²) in [4.78, 5) is 0. The van der Waals surface area contributed by atoms with Gasteiger partial charge in [-0.2, -0.15) is 0 Å². The Balaban J connectivity index is 2.37. The zero-order chi connectivity index (χ0) is 13.3. The van der Waals surface area contributed by atoms with Gasteiger partial charge in [-0.3, -0.25) is 0 Å². The Morgan fingerprint density at radius 3 is 1.56 bits per heavy atom. The van der Waals surface area contributed by atoms with Crippen LogP contribution in [0.5, 0.6) is 0 Å². The molecule has 0 heterocycles. The molecule has 0 amide bonds. The second kappa shape index (κ2) is 4.86. The maximum Gasteiger partial charge on any atom is 0.126 e. The van der Waals surface area contributed by atoms with Gasteiger partial charge >= 0.3 is 0 Å². The fourth-order valence-corrected chi connectivity index (χ4v) is 1.92. The highest BCUT2D eigenvalue weighted by Gasteiger charge is 2.11. The Morgan fingerprint density at radius 2 is 1.22 bits per heavy atom. The topological polar surface area (TPSA) is 26.0 Å². The van der Waals surface area contributed by atoms with Crippen molar-refractivity contribution in [3.63, 3.8) is 0 Å². The molecule has 0 bridgehead atoms. The molecule has 2 aromatic rings. The predicted octanol–water partition coefficient (Wildman–Crippen LogP) is 3.63. The van der Waals surface area contributed by atoms with Gasteiger partial charge < -0.3 is 5.73 Å². The molecule has 1 nitrogen and oxygen atoms in total. The Bertz CT molecular complexity index is 527. The summed E-state index contributed by atoms with van der Waals surface area (Å²) in [5.74, 6) is -0.498. The zero-order valence-corrected chi connectivity index (χ0v) is 10.4. The van der Waals surface area contributed by atoms with Gasteiger partial charge in [0.1, 0.15) is 11.6 Å². The molecule has 2 rings (SSSR count). The predicted molar refractivity (Wildman–Crippen MR) is 68.3 cm³/mol. The minimum absolute atomic E-state index is 0.249. The van der Waals surface area contributed by atoms with Crippen LogP contribution in [0.1, 0.15) is 28.3 Å². The van der Waals surface area contributed by atoms with Crippen molar-refractivity contribution in [3.8, 4) is 0 Å². The van der Waals surface area contributed by atoms with Crippen LogP contribution in [-0.4, -0.2) is 0 Å². The van der Waals surface area contributed by atoms with Crippen molar-refractivity contribution >= 4 is 0 Å². The molecule has 0 saturated heterocycles. The molecule has 0 aliphatic rings. The lowest BCUT2D eigenvalue weighted by Gasteiger charge is -2.14. The Morgan fingerprint density at radius 1 is 0.833 bits per heavy atom. The average Bonchev–Trinajstić information content (AvgIpc) is 2.35. The summed E-state index contributed by atoms with van der Waals surface area (Å²) >= 11 is 0. The van der Waals surface area contributed by atoms with Crippen LogP contribution in [0.25, 0.3) is 0 Å². The number of halogens is 2. The minimum Gasteiger partial charge on any atom is -0.320 e. The molecule has 0 spiro atoms. The number of rotatable bonds is 2. The van der Waals surface area contributed by atoms with Gasteiger partial charge in [0.2, 0.25) is 0 Å². The molecule has 0 fully saturated rings. The summed E-state index contributed by atoms with van der Waals surface area (Å²) in [6, 6.07) is 9.19. The number of nitrogens with two attached hydrogens (primary N) is 1. The molecule has 0 aliphatic heterocycles. The molecular weight excluding hydrogens is 232 g/mol. The fraction of sp³-hybridized carbons (Fsp3) is 0.200. The van der Waals surface area contributed by atoms with E-state index in [0.29, 0.717) is 11.1 Å². The van der Waals surface area contributed by atoms with Crippen LogP contribution < -0.4 is 5.73 Å². The Labute approximate surface area is 105 Å². The van der Waals surface area contributed by atoms with Gasteiger partial charge in [-0.05, 0) is 48.2 Å². The average molecular weight is 247 g/mol. The van der Waals surface area contributed by atoms with E-state index in [1.807, 2.05) is 0 Å². The SMILES string of the molecule is Cc1cc(C(N)c2ccc(F)c(C)c2)ccc1F. The Hall–Kier alpha value is -1.74. The molecule has 0 radical (unpaired) electrons. The van der Waals surface area contributed by atoms with Crippen LogP contribution in [0.3, 0.4) is 0 Å². The van der Waals surface area contributed by atoms with Gasteiger partial charge in [0, 0.05) is 0 Å². The quantitative estimate of drug-likeness (QED) is 0.861. The number of aryl methyl sites for hydroxylation is 2. The summed E-state index contributed by atoms with van der Waals surface area (Å²) < 4.78 is 26.4. The van der Waals surface area contributed by atoms with Crippen LogP contribution in [0.15, 0.2) is 36.4 Å². The van der Waals surface area contributed by atoms with Crippen LogP contribution >= 0.6 is 0 Å². The summed E-state index contributed by atoms with van der Waals surface area (Å²) in [5.41, 5.74) is 8.86. The summed E-state index contributed by atoms with van der Waals surface area (Å²) in [5, 5.41) is 0. The standard InChI is InChI=1S/C15H15F2N/c1-9-7-11(3-5-13(9)16)15(18)12-4-6-14(17)10(2)8-12/h3-8,15H,18H2,1-2H3. The maximum atomic E-state index is 13.2. The number of hydrogen-bond donors (Lipinski definition) is 1. The molecule has 0 saturated carbocycles. The normalized spacial score (nSPS) is 11.0. The van der Waals surface area contributed by atoms with Crippen molar-refractivity contribution in [2.45, 2.75) is 19.9 Å². The van der Waals surface area contributed by atoms with E-state index in [0.717, 1.165) is 11.1 Å². The smallest absolute Gasteiger partial charge is 0.126 e. The maximum absolute atomic E-state index is 13.2. The van der Waals surface area contributed by atoms with Crippen molar-refractivity contribution in [3.05, 3.63) is 70.3 Å². The monoisotopic (exact) mass is 247 g/mol. The van der Waals surface area contributed by atoms with Crippen molar-refractivity contribution in [1.82, 2.24) is 0 Å². The number of benzene rings is 2. The van der Waals surface area contributed by atoms with Crippen molar-refractivity contribution < 1.29 is 8.78 Å². The molecule has 3 heteroatoms. The van der Waals surface area contributed by atoms with Crippen molar-refractivity contribution in [2.75, 3.05) is 0 Å². The van der Waals surface area contributed by atoms with Crippen LogP contribution in [0, 0.1) is 25.5 Å². The second-order valence-corrected chi connectivity index (χ2v) is 4.49. The first-order valence-electron chi connectivity index (χ1n) is 5.76. The lowest BCUT2D eigenvalue weighted by Crippen LogP contribution is -2.12. The van der Waals surface area contributed by atoms with E-state index in [1.54, 1.807) is 38.1 Å². The van der Waals surface area contributed by atoms with Gasteiger partial charge in [-0.1, -0.05) is 24.3 Å². The molecule has 0 aromatic heterocycles. The molecule has 94 valence electrons. The molecule has 18 heavy (non-hydrogen) atoms. The zero-order valence-electron chi connectivity index (χ0n) is 10.4. The summed E-state index contributed by atoms with van der Waals surface area (Å²) in [6.45, 7) is 3.39. The molecule has 0 unspecified atom stereocenters. The molecular formula is C15H15F2N. The Kier molecular flexibility index (Phi) is 3.43. The van der Waals surface area contributed by atoms with Crippen LogP contribution in [-0.2, 0) is 0 Å². The molecule has 2 aromatic carbocycles. The van der Waals surface area contributed by atoms with Gasteiger partial charge in [-0.15, -0.1) is 0 Å². The highest BCUT2D eigenvalue weighted by Crippen LogP contribution is 2.23. The molecule has 0 aliphatic carbocycles. The first-order valence-corrected chi connectivity index (χ1v) is 5.76.